The van der Waals surface area contributed by atoms with E-state index < -0.39 is 6.10 Å². The highest BCUT2D eigenvalue weighted by Crippen LogP contribution is 2.42. The molecule has 0 spiro atoms. The molecule has 2 N–H and O–H groups in total. The summed E-state index contributed by atoms with van der Waals surface area (Å²) in [6.45, 7) is 1.69. The van der Waals surface area contributed by atoms with Crippen LogP contribution < -0.4 is 5.32 Å². The molecule has 0 aliphatic heterocycles. The van der Waals surface area contributed by atoms with Crippen LogP contribution in [-0.2, 0) is 11.3 Å². The molecule has 1 aromatic rings. The molecule has 1 aromatic carbocycles. The first kappa shape index (κ1) is 15.5. The van der Waals surface area contributed by atoms with Gasteiger partial charge in [-0.25, -0.2) is 0 Å². The lowest BCUT2D eigenvalue weighted by molar-refractivity contribution is 0.0397. The Balaban J connectivity index is 1.28. The fourth-order valence-corrected chi connectivity index (χ4v) is 2.64. The van der Waals surface area contributed by atoms with Crippen molar-refractivity contribution in [3.05, 3.63) is 35.9 Å². The fourth-order valence-electron chi connectivity index (χ4n) is 2.64. The first-order valence-electron chi connectivity index (χ1n) is 8.45. The average Bonchev–Trinajstić information content (AvgIpc) is 3.42. The first-order chi connectivity index (χ1) is 10.8. The third-order valence-electron chi connectivity index (χ3n) is 4.24. The van der Waals surface area contributed by atoms with Crippen molar-refractivity contribution in [3.63, 3.8) is 0 Å². The summed E-state index contributed by atoms with van der Waals surface area (Å²) in [4.78, 5) is 5.37. The van der Waals surface area contributed by atoms with Gasteiger partial charge < -0.3 is 15.3 Å². The molecular weight excluding hydrogens is 276 g/mol. The van der Waals surface area contributed by atoms with E-state index in [1.807, 2.05) is 18.2 Å². The molecule has 120 valence electrons. The number of benzene rings is 1. The topological polar surface area (TPSA) is 53.8 Å². The van der Waals surface area contributed by atoms with E-state index in [0.717, 1.165) is 13.0 Å². The molecule has 2 aliphatic carbocycles. The van der Waals surface area contributed by atoms with Crippen molar-refractivity contribution >= 4 is 5.71 Å². The lowest BCUT2D eigenvalue weighted by atomic mass is 10.1. The average molecular weight is 302 g/mol. The Bertz CT molecular complexity index is 467. The van der Waals surface area contributed by atoms with E-state index in [4.69, 9.17) is 4.84 Å². The summed E-state index contributed by atoms with van der Waals surface area (Å²) in [7, 11) is 0. The van der Waals surface area contributed by atoms with Gasteiger partial charge in [0, 0.05) is 18.4 Å². The number of nitrogens with one attached hydrogen (secondary N) is 1. The predicted octanol–water partition coefficient (Wildman–Crippen LogP) is 2.37. The third kappa shape index (κ3) is 5.11. The molecule has 22 heavy (non-hydrogen) atoms. The van der Waals surface area contributed by atoms with Crippen LogP contribution in [0, 0.1) is 11.8 Å². The van der Waals surface area contributed by atoms with Gasteiger partial charge in [0.05, 0.1) is 5.71 Å². The second-order valence-corrected chi connectivity index (χ2v) is 6.45. The van der Waals surface area contributed by atoms with Gasteiger partial charge in [-0.3, -0.25) is 0 Å². The van der Waals surface area contributed by atoms with Gasteiger partial charge >= 0.3 is 0 Å². The molecule has 1 atom stereocenters. The Hall–Kier alpha value is -1.39. The van der Waals surface area contributed by atoms with E-state index >= 15 is 0 Å². The van der Waals surface area contributed by atoms with Crippen LogP contribution in [-0.4, -0.2) is 36.6 Å². The van der Waals surface area contributed by atoms with Crippen molar-refractivity contribution in [2.45, 2.75) is 38.2 Å². The maximum Gasteiger partial charge on any atom is 0.144 e. The molecule has 2 saturated carbocycles. The SMILES string of the molecule is OC(CNCCc1ccccc1)CON=C(C1CC1)C1CC1. The van der Waals surface area contributed by atoms with Crippen LogP contribution in [0.3, 0.4) is 0 Å². The zero-order valence-electron chi connectivity index (χ0n) is 13.1. The van der Waals surface area contributed by atoms with Crippen LogP contribution in [0.25, 0.3) is 0 Å². The van der Waals surface area contributed by atoms with Crippen molar-refractivity contribution in [2.24, 2.45) is 17.0 Å². The summed E-state index contributed by atoms with van der Waals surface area (Å²) in [5.41, 5.74) is 2.56. The molecule has 1 unspecified atom stereocenters. The molecule has 0 bridgehead atoms. The Morgan fingerprint density at radius 3 is 2.50 bits per heavy atom. The number of rotatable bonds is 10. The van der Waals surface area contributed by atoms with Crippen LogP contribution in [0.5, 0.6) is 0 Å². The van der Waals surface area contributed by atoms with Crippen LogP contribution in [0.1, 0.15) is 31.2 Å². The predicted molar refractivity (Wildman–Crippen MR) is 87.9 cm³/mol. The molecule has 0 aromatic heterocycles. The van der Waals surface area contributed by atoms with E-state index in [-0.39, 0.29) is 6.61 Å². The minimum atomic E-state index is -0.501. The number of aliphatic hydroxyl groups is 1. The van der Waals surface area contributed by atoms with Gasteiger partial charge in [0.1, 0.15) is 12.7 Å². The van der Waals surface area contributed by atoms with Crippen molar-refractivity contribution in [2.75, 3.05) is 19.7 Å². The zero-order chi connectivity index (χ0) is 15.2. The summed E-state index contributed by atoms with van der Waals surface area (Å²) in [5.74, 6) is 1.35. The summed E-state index contributed by atoms with van der Waals surface area (Å²) >= 11 is 0. The Kier molecular flexibility index (Phi) is 5.46. The van der Waals surface area contributed by atoms with E-state index in [0.29, 0.717) is 18.4 Å². The van der Waals surface area contributed by atoms with Crippen molar-refractivity contribution in [1.82, 2.24) is 5.32 Å². The van der Waals surface area contributed by atoms with E-state index in [2.05, 4.69) is 22.6 Å². The standard InChI is InChI=1S/C18H26N2O2/c21-17(12-19-11-10-14-4-2-1-3-5-14)13-22-20-18(15-6-7-15)16-8-9-16/h1-5,15-17,19,21H,6-13H2. The lowest BCUT2D eigenvalue weighted by Crippen LogP contribution is -2.31. The summed E-state index contributed by atoms with van der Waals surface area (Å²) in [6.07, 6.45) is 5.54. The van der Waals surface area contributed by atoms with Crippen LogP contribution >= 0.6 is 0 Å². The van der Waals surface area contributed by atoms with Gasteiger partial charge in [-0.2, -0.15) is 0 Å². The van der Waals surface area contributed by atoms with Crippen molar-refractivity contribution < 1.29 is 9.94 Å². The Morgan fingerprint density at radius 1 is 1.18 bits per heavy atom. The highest BCUT2D eigenvalue weighted by atomic mass is 16.6. The Morgan fingerprint density at radius 2 is 1.86 bits per heavy atom. The first-order valence-corrected chi connectivity index (χ1v) is 8.45. The summed E-state index contributed by atoms with van der Waals surface area (Å²) < 4.78 is 0. The maximum atomic E-state index is 9.91. The molecule has 0 heterocycles. The highest BCUT2D eigenvalue weighted by molar-refractivity contribution is 5.92. The molecule has 4 heteroatoms. The zero-order valence-corrected chi connectivity index (χ0v) is 13.1. The number of nitrogens with zero attached hydrogens (tertiary/aromatic N) is 1. The molecule has 0 amide bonds. The largest absolute Gasteiger partial charge is 0.393 e. The maximum absolute atomic E-state index is 9.91. The van der Waals surface area contributed by atoms with Crippen molar-refractivity contribution in [3.8, 4) is 0 Å². The van der Waals surface area contributed by atoms with Gasteiger partial charge in [0.2, 0.25) is 0 Å². The normalized spacial score (nSPS) is 18.8. The molecule has 3 rings (SSSR count). The smallest absolute Gasteiger partial charge is 0.144 e. The molecule has 0 radical (unpaired) electrons. The van der Waals surface area contributed by atoms with Crippen LogP contribution in [0.4, 0.5) is 0 Å². The van der Waals surface area contributed by atoms with E-state index in [1.165, 1.54) is 37.0 Å². The van der Waals surface area contributed by atoms with Gasteiger partial charge in [-0.05, 0) is 44.2 Å². The molecule has 2 aliphatic rings. The van der Waals surface area contributed by atoms with Crippen LogP contribution in [0.15, 0.2) is 35.5 Å². The highest BCUT2D eigenvalue weighted by Gasteiger charge is 2.38. The van der Waals surface area contributed by atoms with Gasteiger partial charge in [0.15, 0.2) is 0 Å². The second-order valence-electron chi connectivity index (χ2n) is 6.45. The second kappa shape index (κ2) is 7.75. The van der Waals surface area contributed by atoms with Crippen molar-refractivity contribution in [1.29, 1.82) is 0 Å². The van der Waals surface area contributed by atoms with Gasteiger partial charge in [0.25, 0.3) is 0 Å². The number of oxime groups is 1. The number of hydrogen-bond acceptors (Lipinski definition) is 4. The summed E-state index contributed by atoms with van der Waals surface area (Å²) in [6, 6.07) is 10.4. The van der Waals surface area contributed by atoms with E-state index in [9.17, 15) is 5.11 Å². The monoisotopic (exact) mass is 302 g/mol. The van der Waals surface area contributed by atoms with Gasteiger partial charge in [-0.15, -0.1) is 0 Å². The molecular formula is C18H26N2O2. The summed E-state index contributed by atoms with van der Waals surface area (Å²) in [5, 5.41) is 17.5. The third-order valence-corrected chi connectivity index (χ3v) is 4.24. The molecule has 2 fully saturated rings. The lowest BCUT2D eigenvalue weighted by Gasteiger charge is -2.11. The number of aliphatic hydroxyl groups excluding tert-OH is 1. The minimum absolute atomic E-state index is 0.279. The number of hydrogen-bond donors (Lipinski definition) is 2. The molecule has 0 saturated heterocycles. The van der Waals surface area contributed by atoms with E-state index in [1.54, 1.807) is 0 Å². The van der Waals surface area contributed by atoms with Crippen LogP contribution in [0.2, 0.25) is 0 Å². The fraction of sp³-hybridized carbons (Fsp3) is 0.611. The quantitative estimate of drug-likeness (QED) is 0.396. The van der Waals surface area contributed by atoms with Gasteiger partial charge in [-0.1, -0.05) is 35.5 Å². The Labute approximate surface area is 132 Å². The minimum Gasteiger partial charge on any atom is -0.393 e. The molecule has 4 nitrogen and oxygen atoms in total.